The van der Waals surface area contributed by atoms with E-state index in [-0.39, 0.29) is 31.7 Å². The number of ketones is 1. The van der Waals surface area contributed by atoms with E-state index in [0.29, 0.717) is 11.5 Å². The fraction of sp³-hybridized carbons (Fsp3) is 0.800. The number of amides is 2. The highest BCUT2D eigenvalue weighted by Crippen LogP contribution is 2.20. The summed E-state index contributed by atoms with van der Waals surface area (Å²) >= 11 is 0. The van der Waals surface area contributed by atoms with Gasteiger partial charge < -0.3 is 14.2 Å². The summed E-state index contributed by atoms with van der Waals surface area (Å²) < 4.78 is 15.3. The summed E-state index contributed by atoms with van der Waals surface area (Å²) in [5.41, 5.74) is -1.85. The van der Waals surface area contributed by atoms with E-state index in [1.165, 1.54) is 0 Å². The third kappa shape index (κ3) is 11.7. The van der Waals surface area contributed by atoms with Crippen molar-refractivity contribution in [1.29, 1.82) is 0 Å². The zero-order valence-electron chi connectivity index (χ0n) is 19.2. The van der Waals surface area contributed by atoms with Gasteiger partial charge in [-0.05, 0) is 54.9 Å². The van der Waals surface area contributed by atoms with Gasteiger partial charge >= 0.3 is 18.2 Å². The average Bonchev–Trinajstić information content (AvgIpc) is 2.58. The highest BCUT2D eigenvalue weighted by molar-refractivity contribution is 5.94. The number of nitrogens with zero attached hydrogens (tertiary/aromatic N) is 1. The smallest absolute Gasteiger partial charge is 0.420 e. The fourth-order valence-corrected chi connectivity index (χ4v) is 2.16. The number of hydrogen-bond acceptors (Lipinski definition) is 9. The molecular weight excluding hydrogens is 398 g/mol. The molecule has 0 aliphatic rings. The Bertz CT molecular complexity index is 562. The van der Waals surface area contributed by atoms with E-state index in [1.807, 2.05) is 0 Å². The minimum Gasteiger partial charge on any atom is -0.467 e. The summed E-state index contributed by atoms with van der Waals surface area (Å²) in [6.07, 6.45) is -2.35. The van der Waals surface area contributed by atoms with Gasteiger partial charge in [-0.3, -0.25) is 4.79 Å². The van der Waals surface area contributed by atoms with Gasteiger partial charge in [-0.15, -0.1) is 0 Å². The lowest BCUT2D eigenvalue weighted by Gasteiger charge is -2.32. The molecule has 0 aromatic carbocycles. The van der Waals surface area contributed by atoms with Gasteiger partial charge in [0.05, 0.1) is 20.3 Å². The van der Waals surface area contributed by atoms with E-state index in [4.69, 9.17) is 24.0 Å². The van der Waals surface area contributed by atoms with Crippen molar-refractivity contribution in [2.75, 3.05) is 20.3 Å². The highest BCUT2D eigenvalue weighted by Gasteiger charge is 2.40. The lowest BCUT2D eigenvalue weighted by molar-refractivity contribution is -0.290. The van der Waals surface area contributed by atoms with Crippen molar-refractivity contribution in [2.45, 2.75) is 85.0 Å². The number of ether oxygens (including phenoxy) is 3. The van der Waals surface area contributed by atoms with Crippen LogP contribution in [0.1, 0.15) is 67.7 Å². The van der Waals surface area contributed by atoms with Gasteiger partial charge in [0.2, 0.25) is 0 Å². The Morgan fingerprint density at radius 2 is 1.33 bits per heavy atom. The molecule has 2 amide bonds. The molecule has 0 fully saturated rings. The molecule has 0 rings (SSSR count). The van der Waals surface area contributed by atoms with Crippen molar-refractivity contribution in [3.8, 4) is 0 Å². The molecule has 0 aliphatic carbocycles. The third-order valence-corrected chi connectivity index (χ3v) is 3.33. The van der Waals surface area contributed by atoms with Gasteiger partial charge in [-0.25, -0.2) is 24.2 Å². The second-order valence-electron chi connectivity index (χ2n) is 8.43. The number of esters is 1. The third-order valence-electron chi connectivity index (χ3n) is 3.33. The standard InChI is InChI=1S/C20H35NO9/c1-9-27-28-13-12-14(22)10-11-15(16(23)26-8)21(17(24)29-19(2,3)4)18(25)30-20(5,6)7/h15H,9-13H2,1-8H3/t15-/m0/s1. The summed E-state index contributed by atoms with van der Waals surface area (Å²) in [5, 5.41) is 0. The lowest BCUT2D eigenvalue weighted by Crippen LogP contribution is -2.52. The molecule has 0 unspecified atom stereocenters. The van der Waals surface area contributed by atoms with Crippen LogP contribution in [0.4, 0.5) is 9.59 Å². The van der Waals surface area contributed by atoms with Crippen molar-refractivity contribution >= 4 is 23.9 Å². The van der Waals surface area contributed by atoms with Crippen LogP contribution < -0.4 is 0 Å². The first-order valence-corrected chi connectivity index (χ1v) is 9.81. The number of methoxy groups -OCH3 is 1. The van der Waals surface area contributed by atoms with Crippen LogP contribution in [0.25, 0.3) is 0 Å². The number of rotatable bonds is 10. The van der Waals surface area contributed by atoms with Gasteiger partial charge in [0.1, 0.15) is 23.0 Å². The largest absolute Gasteiger partial charge is 0.467 e. The van der Waals surface area contributed by atoms with Crippen molar-refractivity contribution in [2.24, 2.45) is 0 Å². The van der Waals surface area contributed by atoms with Gasteiger partial charge in [0, 0.05) is 12.8 Å². The van der Waals surface area contributed by atoms with Crippen LogP contribution in [0.3, 0.4) is 0 Å². The van der Waals surface area contributed by atoms with Gasteiger partial charge in [0.25, 0.3) is 0 Å². The van der Waals surface area contributed by atoms with Crippen LogP contribution in [0, 0.1) is 0 Å². The van der Waals surface area contributed by atoms with Crippen LogP contribution in [0.2, 0.25) is 0 Å². The Morgan fingerprint density at radius 3 is 1.73 bits per heavy atom. The highest BCUT2D eigenvalue weighted by atomic mass is 17.2. The maximum absolute atomic E-state index is 12.7. The number of imide groups is 1. The van der Waals surface area contributed by atoms with Crippen molar-refractivity contribution in [3.05, 3.63) is 0 Å². The molecule has 30 heavy (non-hydrogen) atoms. The average molecular weight is 433 g/mol. The Labute approximate surface area is 178 Å². The molecule has 0 heterocycles. The summed E-state index contributed by atoms with van der Waals surface area (Å²) in [6.45, 7) is 11.8. The topological polar surface area (TPSA) is 118 Å². The first-order valence-electron chi connectivity index (χ1n) is 9.81. The molecule has 0 aliphatic heterocycles. The molecule has 174 valence electrons. The van der Waals surface area contributed by atoms with Gasteiger partial charge in [-0.2, -0.15) is 4.90 Å². The number of Topliss-reactive ketones (excluding diaryl/α,β-unsaturated/α-hetero) is 1. The SMILES string of the molecule is CCOOCCC(=O)CC[C@@H](C(=O)OC)N(C(=O)OC(C)(C)C)C(=O)OC(C)(C)C. The number of carbonyl (C=O) groups excluding carboxylic acids is 4. The van der Waals surface area contributed by atoms with Crippen molar-refractivity contribution in [3.63, 3.8) is 0 Å². The molecule has 0 bridgehead atoms. The fourth-order valence-electron chi connectivity index (χ4n) is 2.16. The Balaban J connectivity index is 5.51. The normalized spacial score (nSPS) is 12.7. The predicted molar refractivity (Wildman–Crippen MR) is 107 cm³/mol. The van der Waals surface area contributed by atoms with E-state index in [0.717, 1.165) is 7.11 Å². The quantitative estimate of drug-likeness (QED) is 0.168. The number of hydrogen-bond donors (Lipinski definition) is 0. The molecule has 0 N–H and O–H groups in total. The second kappa shape index (κ2) is 12.5. The van der Waals surface area contributed by atoms with Crippen LogP contribution in [-0.2, 0) is 33.6 Å². The molecule has 0 saturated carbocycles. The van der Waals surface area contributed by atoms with E-state index in [9.17, 15) is 19.2 Å². The molecule has 0 saturated heterocycles. The van der Waals surface area contributed by atoms with Crippen LogP contribution in [0.5, 0.6) is 0 Å². The monoisotopic (exact) mass is 433 g/mol. The molecule has 1 atom stereocenters. The molecule has 0 spiro atoms. The first kappa shape index (κ1) is 27.8. The molecular formula is C20H35NO9. The Kier molecular flexibility index (Phi) is 11.6. The summed E-state index contributed by atoms with van der Waals surface area (Å²) in [7, 11) is 1.12. The van der Waals surface area contributed by atoms with Crippen molar-refractivity contribution in [1.82, 2.24) is 4.90 Å². The number of carbonyl (C=O) groups is 4. The Hall–Kier alpha value is -2.20. The van der Waals surface area contributed by atoms with E-state index < -0.39 is 35.4 Å². The van der Waals surface area contributed by atoms with E-state index >= 15 is 0 Å². The molecule has 0 aromatic heterocycles. The minimum atomic E-state index is -1.39. The lowest BCUT2D eigenvalue weighted by atomic mass is 10.1. The zero-order chi connectivity index (χ0) is 23.5. The van der Waals surface area contributed by atoms with Gasteiger partial charge in [0.15, 0.2) is 0 Å². The summed E-state index contributed by atoms with van der Waals surface area (Å²) in [4.78, 5) is 59.9. The second-order valence-corrected chi connectivity index (χ2v) is 8.43. The first-order chi connectivity index (χ1) is 13.7. The van der Waals surface area contributed by atoms with Crippen LogP contribution in [0.15, 0.2) is 0 Å². The van der Waals surface area contributed by atoms with E-state index in [1.54, 1.807) is 48.5 Å². The predicted octanol–water partition coefficient (Wildman–Crippen LogP) is 3.41. The molecule has 10 heteroatoms. The van der Waals surface area contributed by atoms with Crippen LogP contribution >= 0.6 is 0 Å². The summed E-state index contributed by atoms with van der Waals surface area (Å²) in [5.74, 6) is -1.11. The van der Waals surface area contributed by atoms with Crippen molar-refractivity contribution < 1.29 is 43.2 Å². The maximum Gasteiger partial charge on any atom is 0.420 e. The van der Waals surface area contributed by atoms with Gasteiger partial charge in [-0.1, -0.05) is 0 Å². The Morgan fingerprint density at radius 1 is 0.833 bits per heavy atom. The van der Waals surface area contributed by atoms with E-state index in [2.05, 4.69) is 0 Å². The summed E-state index contributed by atoms with van der Waals surface area (Å²) in [6, 6.07) is -1.39. The maximum atomic E-state index is 12.7. The molecule has 0 radical (unpaired) electrons. The zero-order valence-corrected chi connectivity index (χ0v) is 19.2. The minimum absolute atomic E-state index is 0.0484. The molecule has 0 aromatic rings. The molecule has 10 nitrogen and oxygen atoms in total. The van der Waals surface area contributed by atoms with Crippen LogP contribution in [-0.4, -0.2) is 66.4 Å².